The van der Waals surface area contributed by atoms with Gasteiger partial charge in [0.05, 0.1) is 7.11 Å². The zero-order valence-corrected chi connectivity index (χ0v) is 15.6. The van der Waals surface area contributed by atoms with Gasteiger partial charge in [-0.2, -0.15) is 0 Å². The van der Waals surface area contributed by atoms with E-state index < -0.39 is 6.10 Å². The first-order valence-corrected chi connectivity index (χ1v) is 8.91. The summed E-state index contributed by atoms with van der Waals surface area (Å²) in [5.41, 5.74) is 1.18. The van der Waals surface area contributed by atoms with Crippen molar-refractivity contribution in [3.05, 3.63) is 60.2 Å². The Morgan fingerprint density at radius 1 is 0.962 bits per heavy atom. The second-order valence-corrected chi connectivity index (χ2v) is 6.21. The predicted octanol–water partition coefficient (Wildman–Crippen LogP) is 2.97. The highest BCUT2D eigenvalue weighted by Crippen LogP contribution is 2.14. The normalized spacial score (nSPS) is 12.2. The van der Waals surface area contributed by atoms with E-state index in [9.17, 15) is 5.11 Å². The molecule has 0 fully saturated rings. The van der Waals surface area contributed by atoms with Crippen molar-refractivity contribution >= 4 is 0 Å². The van der Waals surface area contributed by atoms with E-state index in [0.717, 1.165) is 31.0 Å². The minimum atomic E-state index is -0.559. The SMILES string of the molecule is COCCCN(Cc1ccc(OC)cc1)C[C@H](O)COc1ccccc1. The molecule has 5 heteroatoms. The molecule has 0 aliphatic heterocycles. The zero-order valence-electron chi connectivity index (χ0n) is 15.6. The number of aliphatic hydroxyl groups excluding tert-OH is 1. The lowest BCUT2D eigenvalue weighted by Crippen LogP contribution is -2.36. The van der Waals surface area contributed by atoms with Gasteiger partial charge in [-0.1, -0.05) is 30.3 Å². The molecule has 0 spiro atoms. The van der Waals surface area contributed by atoms with Crippen molar-refractivity contribution in [3.8, 4) is 11.5 Å². The van der Waals surface area contributed by atoms with Crippen LogP contribution in [-0.4, -0.2) is 56.6 Å². The second kappa shape index (κ2) is 11.5. The van der Waals surface area contributed by atoms with Gasteiger partial charge < -0.3 is 19.3 Å². The summed E-state index contributed by atoms with van der Waals surface area (Å²) in [7, 11) is 3.37. The summed E-state index contributed by atoms with van der Waals surface area (Å²) in [6.45, 7) is 3.13. The standard InChI is InChI=1S/C21H29NO4/c1-24-14-6-13-22(15-18-9-11-20(25-2)12-10-18)16-19(23)17-26-21-7-4-3-5-8-21/h3-5,7-12,19,23H,6,13-17H2,1-2H3/t19-/m0/s1. The zero-order chi connectivity index (χ0) is 18.6. The highest BCUT2D eigenvalue weighted by atomic mass is 16.5. The summed E-state index contributed by atoms with van der Waals surface area (Å²) >= 11 is 0. The van der Waals surface area contributed by atoms with Gasteiger partial charge in [0.2, 0.25) is 0 Å². The molecule has 0 heterocycles. The molecule has 2 rings (SSSR count). The summed E-state index contributed by atoms with van der Waals surface area (Å²) in [5.74, 6) is 1.61. The second-order valence-electron chi connectivity index (χ2n) is 6.21. The van der Waals surface area contributed by atoms with Crippen LogP contribution in [0.1, 0.15) is 12.0 Å². The molecule has 0 saturated carbocycles. The molecule has 0 amide bonds. The first-order valence-electron chi connectivity index (χ1n) is 8.91. The van der Waals surface area contributed by atoms with Gasteiger partial charge >= 0.3 is 0 Å². The average molecular weight is 359 g/mol. The molecule has 0 unspecified atom stereocenters. The van der Waals surface area contributed by atoms with Crippen LogP contribution in [0.4, 0.5) is 0 Å². The lowest BCUT2D eigenvalue weighted by molar-refractivity contribution is 0.0617. The molecule has 0 bridgehead atoms. The van der Waals surface area contributed by atoms with Crippen LogP contribution in [0, 0.1) is 0 Å². The van der Waals surface area contributed by atoms with Gasteiger partial charge in [-0.3, -0.25) is 4.90 Å². The third-order valence-corrected chi connectivity index (χ3v) is 4.04. The van der Waals surface area contributed by atoms with E-state index >= 15 is 0 Å². The Labute approximate surface area is 156 Å². The van der Waals surface area contributed by atoms with E-state index in [1.165, 1.54) is 5.56 Å². The van der Waals surface area contributed by atoms with Gasteiger partial charge in [-0.05, 0) is 36.2 Å². The first kappa shape index (κ1) is 20.2. The molecule has 2 aromatic carbocycles. The maximum absolute atomic E-state index is 10.4. The minimum absolute atomic E-state index is 0.271. The Bertz CT molecular complexity index is 603. The molecular formula is C21H29NO4. The van der Waals surface area contributed by atoms with Gasteiger partial charge in [0.25, 0.3) is 0 Å². The number of aliphatic hydroxyl groups is 1. The van der Waals surface area contributed by atoms with Crippen LogP contribution in [-0.2, 0) is 11.3 Å². The maximum atomic E-state index is 10.4. The summed E-state index contributed by atoms with van der Waals surface area (Å²) in [5, 5.41) is 10.4. The number of hydrogen-bond acceptors (Lipinski definition) is 5. The number of para-hydroxylation sites is 1. The Hall–Kier alpha value is -2.08. The Morgan fingerprint density at radius 2 is 1.69 bits per heavy atom. The number of methoxy groups -OCH3 is 2. The predicted molar refractivity (Wildman–Crippen MR) is 103 cm³/mol. The highest BCUT2D eigenvalue weighted by molar-refractivity contribution is 5.27. The number of nitrogens with zero attached hydrogens (tertiary/aromatic N) is 1. The Morgan fingerprint density at radius 3 is 2.35 bits per heavy atom. The topological polar surface area (TPSA) is 51.2 Å². The van der Waals surface area contributed by atoms with E-state index in [1.54, 1.807) is 14.2 Å². The van der Waals surface area contributed by atoms with Crippen LogP contribution < -0.4 is 9.47 Å². The van der Waals surface area contributed by atoms with Gasteiger partial charge in [0.1, 0.15) is 24.2 Å². The van der Waals surface area contributed by atoms with Gasteiger partial charge in [0, 0.05) is 33.4 Å². The average Bonchev–Trinajstić information content (AvgIpc) is 2.68. The van der Waals surface area contributed by atoms with E-state index in [0.29, 0.717) is 13.2 Å². The molecule has 2 aromatic rings. The van der Waals surface area contributed by atoms with E-state index in [4.69, 9.17) is 14.2 Å². The molecule has 0 aliphatic rings. The molecule has 5 nitrogen and oxygen atoms in total. The fraction of sp³-hybridized carbons (Fsp3) is 0.429. The summed E-state index contributed by atoms with van der Waals surface area (Å²) in [6, 6.07) is 17.6. The van der Waals surface area contributed by atoms with Crippen LogP contribution in [0.5, 0.6) is 11.5 Å². The van der Waals surface area contributed by atoms with Crippen molar-refractivity contribution in [2.75, 3.05) is 40.5 Å². The molecule has 1 N–H and O–H groups in total. The van der Waals surface area contributed by atoms with E-state index in [1.807, 2.05) is 42.5 Å². The molecule has 0 saturated heterocycles. The van der Waals surface area contributed by atoms with Crippen LogP contribution in [0.2, 0.25) is 0 Å². The van der Waals surface area contributed by atoms with Crippen LogP contribution in [0.15, 0.2) is 54.6 Å². The van der Waals surface area contributed by atoms with Crippen molar-refractivity contribution in [1.82, 2.24) is 4.90 Å². The molecule has 142 valence electrons. The maximum Gasteiger partial charge on any atom is 0.119 e. The van der Waals surface area contributed by atoms with Gasteiger partial charge in [0.15, 0.2) is 0 Å². The number of ether oxygens (including phenoxy) is 3. The quantitative estimate of drug-likeness (QED) is 0.591. The minimum Gasteiger partial charge on any atom is -0.497 e. The van der Waals surface area contributed by atoms with Crippen LogP contribution in [0.25, 0.3) is 0 Å². The molecule has 26 heavy (non-hydrogen) atoms. The van der Waals surface area contributed by atoms with Crippen molar-refractivity contribution < 1.29 is 19.3 Å². The molecule has 1 atom stereocenters. The van der Waals surface area contributed by atoms with Crippen molar-refractivity contribution in [2.24, 2.45) is 0 Å². The number of rotatable bonds is 12. The number of hydrogen-bond donors (Lipinski definition) is 1. The molecule has 0 radical (unpaired) electrons. The fourth-order valence-corrected chi connectivity index (χ4v) is 2.72. The smallest absolute Gasteiger partial charge is 0.119 e. The number of benzene rings is 2. The van der Waals surface area contributed by atoms with Crippen molar-refractivity contribution in [2.45, 2.75) is 19.1 Å². The van der Waals surface area contributed by atoms with Crippen molar-refractivity contribution in [1.29, 1.82) is 0 Å². The van der Waals surface area contributed by atoms with E-state index in [-0.39, 0.29) is 6.61 Å². The molecule has 0 aliphatic carbocycles. The summed E-state index contributed by atoms with van der Waals surface area (Å²) in [6.07, 6.45) is 0.356. The third kappa shape index (κ3) is 7.44. The van der Waals surface area contributed by atoms with Crippen LogP contribution >= 0.6 is 0 Å². The Balaban J connectivity index is 1.87. The lowest BCUT2D eigenvalue weighted by atomic mass is 10.2. The van der Waals surface area contributed by atoms with Crippen molar-refractivity contribution in [3.63, 3.8) is 0 Å². The summed E-state index contributed by atoms with van der Waals surface area (Å²) < 4.78 is 16.0. The molecule has 0 aromatic heterocycles. The lowest BCUT2D eigenvalue weighted by Gasteiger charge is -2.25. The summed E-state index contributed by atoms with van der Waals surface area (Å²) in [4.78, 5) is 2.22. The Kier molecular flexibility index (Phi) is 8.96. The largest absolute Gasteiger partial charge is 0.497 e. The van der Waals surface area contributed by atoms with Gasteiger partial charge in [-0.25, -0.2) is 0 Å². The van der Waals surface area contributed by atoms with Gasteiger partial charge in [-0.15, -0.1) is 0 Å². The molecular weight excluding hydrogens is 330 g/mol. The highest BCUT2D eigenvalue weighted by Gasteiger charge is 2.13. The van der Waals surface area contributed by atoms with E-state index in [2.05, 4.69) is 17.0 Å². The first-order chi connectivity index (χ1) is 12.7. The monoisotopic (exact) mass is 359 g/mol. The van der Waals surface area contributed by atoms with Crippen LogP contribution in [0.3, 0.4) is 0 Å². The fourth-order valence-electron chi connectivity index (χ4n) is 2.72. The third-order valence-electron chi connectivity index (χ3n) is 4.04.